The van der Waals surface area contributed by atoms with E-state index < -0.39 is 0 Å². The Morgan fingerprint density at radius 3 is 2.19 bits per heavy atom. The number of rotatable bonds is 4. The summed E-state index contributed by atoms with van der Waals surface area (Å²) in [6.45, 7) is 8.84. The fraction of sp³-hybridized carbons (Fsp3) is 0.522. The quantitative estimate of drug-likeness (QED) is 0.810. The maximum absolute atomic E-state index is 12.8. The van der Waals surface area contributed by atoms with Gasteiger partial charge in [-0.3, -0.25) is 0 Å². The van der Waals surface area contributed by atoms with Crippen molar-refractivity contribution in [2.75, 3.05) is 61.5 Å². The number of methoxy groups -OCH3 is 1. The SMILES string of the molecule is COc1ccc(C)cc1NC(=O)N1CCN(c2cc(N3CCCCC3)nc(C)n2)CC1. The number of amides is 2. The second kappa shape index (κ2) is 9.41. The molecular weight excluding hydrogens is 392 g/mol. The zero-order chi connectivity index (χ0) is 21.8. The average Bonchev–Trinajstić information content (AvgIpc) is 2.79. The van der Waals surface area contributed by atoms with Crippen LogP contribution in [0.1, 0.15) is 30.7 Å². The Morgan fingerprint density at radius 1 is 0.903 bits per heavy atom. The van der Waals surface area contributed by atoms with Crippen molar-refractivity contribution in [3.8, 4) is 5.75 Å². The van der Waals surface area contributed by atoms with E-state index in [-0.39, 0.29) is 6.03 Å². The van der Waals surface area contributed by atoms with Crippen LogP contribution in [0, 0.1) is 13.8 Å². The number of piperazine rings is 1. The number of hydrogen-bond acceptors (Lipinski definition) is 6. The number of nitrogens with zero attached hydrogens (tertiary/aromatic N) is 5. The molecule has 0 spiro atoms. The summed E-state index contributed by atoms with van der Waals surface area (Å²) in [5, 5.41) is 3.00. The molecule has 1 aromatic carbocycles. The second-order valence-electron chi connectivity index (χ2n) is 8.29. The largest absolute Gasteiger partial charge is 0.495 e. The molecule has 0 bridgehead atoms. The molecule has 2 aromatic rings. The number of urea groups is 1. The van der Waals surface area contributed by atoms with E-state index in [9.17, 15) is 4.79 Å². The molecule has 1 N–H and O–H groups in total. The molecule has 2 amide bonds. The van der Waals surface area contributed by atoms with Crippen LogP contribution >= 0.6 is 0 Å². The van der Waals surface area contributed by atoms with E-state index >= 15 is 0 Å². The smallest absolute Gasteiger partial charge is 0.322 e. The molecule has 0 atom stereocenters. The third-order valence-electron chi connectivity index (χ3n) is 5.98. The van der Waals surface area contributed by atoms with Gasteiger partial charge in [0, 0.05) is 45.3 Å². The van der Waals surface area contributed by atoms with E-state index in [1.807, 2.05) is 36.9 Å². The Balaban J connectivity index is 1.39. The minimum absolute atomic E-state index is 0.101. The van der Waals surface area contributed by atoms with Gasteiger partial charge in [0.1, 0.15) is 23.2 Å². The predicted octanol–water partition coefficient (Wildman–Crippen LogP) is 3.45. The van der Waals surface area contributed by atoms with Crippen LogP contribution in [-0.4, -0.2) is 67.3 Å². The fourth-order valence-electron chi connectivity index (χ4n) is 4.24. The highest BCUT2D eigenvalue weighted by molar-refractivity contribution is 5.91. The second-order valence-corrected chi connectivity index (χ2v) is 8.29. The van der Waals surface area contributed by atoms with Crippen molar-refractivity contribution < 1.29 is 9.53 Å². The van der Waals surface area contributed by atoms with Crippen molar-refractivity contribution in [1.82, 2.24) is 14.9 Å². The first kappa shape index (κ1) is 21.2. The van der Waals surface area contributed by atoms with Crippen LogP contribution < -0.4 is 19.9 Å². The maximum atomic E-state index is 12.8. The van der Waals surface area contributed by atoms with Gasteiger partial charge in [0.15, 0.2) is 0 Å². The van der Waals surface area contributed by atoms with Crippen molar-refractivity contribution in [3.05, 3.63) is 35.7 Å². The summed E-state index contributed by atoms with van der Waals surface area (Å²) in [7, 11) is 1.61. The van der Waals surface area contributed by atoms with E-state index in [1.54, 1.807) is 7.11 Å². The first-order valence-corrected chi connectivity index (χ1v) is 11.1. The summed E-state index contributed by atoms with van der Waals surface area (Å²) >= 11 is 0. The van der Waals surface area contributed by atoms with Gasteiger partial charge in [-0.2, -0.15) is 0 Å². The number of hydrogen-bond donors (Lipinski definition) is 1. The van der Waals surface area contributed by atoms with Crippen molar-refractivity contribution >= 4 is 23.4 Å². The van der Waals surface area contributed by atoms with Crippen LogP contribution in [0.15, 0.2) is 24.3 Å². The number of carbonyl (C=O) groups excluding carboxylic acids is 1. The molecule has 0 saturated carbocycles. The molecular formula is C23H32N6O2. The highest BCUT2D eigenvalue weighted by Crippen LogP contribution is 2.26. The monoisotopic (exact) mass is 424 g/mol. The highest BCUT2D eigenvalue weighted by Gasteiger charge is 2.24. The van der Waals surface area contributed by atoms with Gasteiger partial charge >= 0.3 is 6.03 Å². The minimum atomic E-state index is -0.101. The lowest BCUT2D eigenvalue weighted by molar-refractivity contribution is 0.208. The van der Waals surface area contributed by atoms with Crippen LogP contribution in [0.3, 0.4) is 0 Å². The first-order valence-electron chi connectivity index (χ1n) is 11.1. The molecule has 31 heavy (non-hydrogen) atoms. The lowest BCUT2D eigenvalue weighted by atomic mass is 10.1. The predicted molar refractivity (Wildman–Crippen MR) is 123 cm³/mol. The van der Waals surface area contributed by atoms with Crippen molar-refractivity contribution in [2.24, 2.45) is 0 Å². The summed E-state index contributed by atoms with van der Waals surface area (Å²) < 4.78 is 5.38. The summed E-state index contributed by atoms with van der Waals surface area (Å²) in [5.74, 6) is 3.44. The maximum Gasteiger partial charge on any atom is 0.322 e. The Kier molecular flexibility index (Phi) is 6.44. The lowest BCUT2D eigenvalue weighted by Crippen LogP contribution is -2.50. The number of piperidine rings is 1. The van der Waals surface area contributed by atoms with E-state index in [2.05, 4.69) is 31.2 Å². The van der Waals surface area contributed by atoms with Crippen LogP contribution in [0.5, 0.6) is 5.75 Å². The molecule has 3 heterocycles. The third-order valence-corrected chi connectivity index (χ3v) is 5.98. The number of ether oxygens (including phenoxy) is 1. The number of anilines is 3. The van der Waals surface area contributed by atoms with Crippen LogP contribution in [-0.2, 0) is 0 Å². The van der Waals surface area contributed by atoms with E-state index in [4.69, 9.17) is 4.74 Å². The Labute approximate surface area is 184 Å². The Hall–Kier alpha value is -3.03. The van der Waals surface area contributed by atoms with Gasteiger partial charge in [0.05, 0.1) is 12.8 Å². The molecule has 0 radical (unpaired) electrons. The molecule has 166 valence electrons. The van der Waals surface area contributed by atoms with Gasteiger partial charge in [-0.15, -0.1) is 0 Å². The first-order chi connectivity index (χ1) is 15.0. The van der Waals surface area contributed by atoms with Crippen molar-refractivity contribution in [2.45, 2.75) is 33.1 Å². The summed E-state index contributed by atoms with van der Waals surface area (Å²) in [4.78, 5) is 28.6. The molecule has 1 aromatic heterocycles. The van der Waals surface area contributed by atoms with Crippen LogP contribution in [0.4, 0.5) is 22.1 Å². The Morgan fingerprint density at radius 2 is 1.55 bits per heavy atom. The number of nitrogens with one attached hydrogen (secondary N) is 1. The van der Waals surface area contributed by atoms with E-state index in [0.717, 1.165) is 49.2 Å². The van der Waals surface area contributed by atoms with Crippen molar-refractivity contribution in [1.29, 1.82) is 0 Å². The zero-order valence-electron chi connectivity index (χ0n) is 18.7. The Bertz CT molecular complexity index is 920. The molecule has 8 nitrogen and oxygen atoms in total. The van der Waals surface area contributed by atoms with Crippen LogP contribution in [0.2, 0.25) is 0 Å². The van der Waals surface area contributed by atoms with Crippen LogP contribution in [0.25, 0.3) is 0 Å². The molecule has 0 aliphatic carbocycles. The number of aryl methyl sites for hydroxylation is 2. The molecule has 2 fully saturated rings. The van der Waals surface area contributed by atoms with Gasteiger partial charge in [-0.25, -0.2) is 14.8 Å². The molecule has 2 aliphatic rings. The molecule has 4 rings (SSSR count). The lowest BCUT2D eigenvalue weighted by Gasteiger charge is -2.36. The molecule has 8 heteroatoms. The summed E-state index contributed by atoms with van der Waals surface area (Å²) in [6.07, 6.45) is 3.74. The number of aromatic nitrogens is 2. The topological polar surface area (TPSA) is 73.8 Å². The zero-order valence-corrected chi connectivity index (χ0v) is 18.7. The van der Waals surface area contributed by atoms with Gasteiger partial charge in [-0.1, -0.05) is 6.07 Å². The van der Waals surface area contributed by atoms with Gasteiger partial charge in [-0.05, 0) is 50.8 Å². The third kappa shape index (κ3) is 5.00. The van der Waals surface area contributed by atoms with Gasteiger partial charge < -0.3 is 24.8 Å². The summed E-state index contributed by atoms with van der Waals surface area (Å²) in [6, 6.07) is 7.77. The molecule has 2 aliphatic heterocycles. The van der Waals surface area contributed by atoms with E-state index in [0.29, 0.717) is 24.5 Å². The molecule has 0 unspecified atom stereocenters. The van der Waals surface area contributed by atoms with Gasteiger partial charge in [0.25, 0.3) is 0 Å². The average molecular weight is 425 g/mol. The standard InChI is InChI=1S/C23H32N6O2/c1-17-7-8-20(31-3)19(15-17)26-23(30)29-13-11-28(12-14-29)22-16-21(24-18(2)25-22)27-9-5-4-6-10-27/h7-8,15-16H,4-6,9-14H2,1-3H3,(H,26,30). The number of carbonyl (C=O) groups is 1. The van der Waals surface area contributed by atoms with Gasteiger partial charge in [0.2, 0.25) is 0 Å². The fourth-order valence-corrected chi connectivity index (χ4v) is 4.24. The highest BCUT2D eigenvalue weighted by atomic mass is 16.5. The summed E-state index contributed by atoms with van der Waals surface area (Å²) in [5.41, 5.74) is 1.78. The number of benzene rings is 1. The minimum Gasteiger partial charge on any atom is -0.495 e. The van der Waals surface area contributed by atoms with E-state index in [1.165, 1.54) is 19.3 Å². The van der Waals surface area contributed by atoms with Crippen molar-refractivity contribution in [3.63, 3.8) is 0 Å². The normalized spacial score (nSPS) is 16.9. The molecule has 2 saturated heterocycles.